The lowest BCUT2D eigenvalue weighted by Crippen LogP contribution is -2.46. The number of nitrogens with one attached hydrogen (secondary N) is 1. The number of carbonyl (C=O) groups is 2. The smallest absolute Gasteiger partial charge is 0.462 e. The van der Waals surface area contributed by atoms with Gasteiger partial charge in [0.2, 0.25) is 0 Å². The predicted octanol–water partition coefficient (Wildman–Crippen LogP) is 4.01. The van der Waals surface area contributed by atoms with E-state index >= 15 is 0 Å². The molecule has 202 valence electrons. The lowest BCUT2D eigenvalue weighted by atomic mass is 10.2. The third-order valence-electron chi connectivity index (χ3n) is 4.76. The molecule has 0 radical (unpaired) electrons. The molecule has 0 saturated carbocycles. The second-order valence-electron chi connectivity index (χ2n) is 7.58. The number of alkyl carbamates (subject to hydrolysis) is 1. The lowest BCUT2D eigenvalue weighted by molar-refractivity contribution is -0.144. The molecule has 0 aliphatic rings. The van der Waals surface area contributed by atoms with Gasteiger partial charge in [-0.3, -0.25) is 4.79 Å². The fourth-order valence-electron chi connectivity index (χ4n) is 3.42. The first-order valence-corrected chi connectivity index (χ1v) is 17.0. The van der Waals surface area contributed by atoms with E-state index in [0.717, 1.165) is 12.5 Å². The largest absolute Gasteiger partial charge is 0.500 e. The standard InChI is InChI=1S/C22H47NO9Si2/c1-7-28-33(6,29-8-2)19-13-12-15-21(24)26-17-18-27-22(25)23-16-14-20-34(30-9-3,31-10-4)32-11-5/h7-20H2,1-6H3,(H,23,25). The van der Waals surface area contributed by atoms with E-state index in [2.05, 4.69) is 11.9 Å². The van der Waals surface area contributed by atoms with Gasteiger partial charge in [-0.05, 0) is 60.1 Å². The average Bonchev–Trinajstić information content (AvgIpc) is 2.78. The first-order chi connectivity index (χ1) is 16.3. The van der Waals surface area contributed by atoms with E-state index in [1.165, 1.54) is 0 Å². The van der Waals surface area contributed by atoms with Crippen LogP contribution in [0.2, 0.25) is 18.6 Å². The van der Waals surface area contributed by atoms with Crippen LogP contribution in [0.4, 0.5) is 4.79 Å². The summed E-state index contributed by atoms with van der Waals surface area (Å²) in [5.41, 5.74) is 0. The van der Waals surface area contributed by atoms with Gasteiger partial charge in [-0.1, -0.05) is 6.42 Å². The maximum absolute atomic E-state index is 11.9. The quantitative estimate of drug-likeness (QED) is 0.127. The number of unbranched alkanes of at least 4 members (excludes halogenated alkanes) is 1. The van der Waals surface area contributed by atoms with Crippen LogP contribution in [0.25, 0.3) is 0 Å². The number of hydrogen-bond donors (Lipinski definition) is 1. The van der Waals surface area contributed by atoms with E-state index in [9.17, 15) is 9.59 Å². The molecule has 10 nitrogen and oxygen atoms in total. The number of ether oxygens (including phenoxy) is 2. The van der Waals surface area contributed by atoms with Gasteiger partial charge in [-0.2, -0.15) is 0 Å². The van der Waals surface area contributed by atoms with Crippen molar-refractivity contribution in [1.82, 2.24) is 5.32 Å². The van der Waals surface area contributed by atoms with Crippen molar-refractivity contribution in [2.75, 3.05) is 52.8 Å². The monoisotopic (exact) mass is 525 g/mol. The molecule has 0 heterocycles. The minimum Gasteiger partial charge on any atom is -0.462 e. The van der Waals surface area contributed by atoms with Gasteiger partial charge in [0, 0.05) is 52.0 Å². The summed E-state index contributed by atoms with van der Waals surface area (Å²) in [4.78, 5) is 23.7. The molecule has 0 aromatic carbocycles. The summed E-state index contributed by atoms with van der Waals surface area (Å²) in [6, 6.07) is 1.45. The Morgan fingerprint density at radius 2 is 1.21 bits per heavy atom. The Bertz CT molecular complexity index is 517. The number of rotatable bonds is 22. The molecule has 0 fully saturated rings. The Balaban J connectivity index is 3.96. The minimum atomic E-state index is -2.71. The topological polar surface area (TPSA) is 111 Å². The van der Waals surface area contributed by atoms with Crippen LogP contribution in [-0.2, 0) is 36.4 Å². The summed E-state index contributed by atoms with van der Waals surface area (Å²) in [6.45, 7) is 15.0. The highest BCUT2D eigenvalue weighted by atomic mass is 28.4. The molecule has 34 heavy (non-hydrogen) atoms. The molecule has 1 amide bonds. The molecule has 0 aliphatic heterocycles. The highest BCUT2D eigenvalue weighted by Gasteiger charge is 2.39. The first-order valence-electron chi connectivity index (χ1n) is 12.6. The summed E-state index contributed by atoms with van der Waals surface area (Å²) >= 11 is 0. The van der Waals surface area contributed by atoms with Crippen LogP contribution in [0.5, 0.6) is 0 Å². The second-order valence-corrected chi connectivity index (χ2v) is 13.7. The van der Waals surface area contributed by atoms with Crippen molar-refractivity contribution in [3.63, 3.8) is 0 Å². The van der Waals surface area contributed by atoms with Crippen LogP contribution in [0.1, 0.15) is 60.3 Å². The van der Waals surface area contributed by atoms with Crippen LogP contribution < -0.4 is 5.32 Å². The molecule has 12 heteroatoms. The van der Waals surface area contributed by atoms with Crippen molar-refractivity contribution >= 4 is 29.4 Å². The molecule has 0 aromatic rings. The van der Waals surface area contributed by atoms with Gasteiger partial charge in [-0.15, -0.1) is 0 Å². The van der Waals surface area contributed by atoms with Crippen LogP contribution in [-0.4, -0.2) is 82.2 Å². The van der Waals surface area contributed by atoms with E-state index in [1.807, 2.05) is 34.6 Å². The fourth-order valence-corrected chi connectivity index (χ4v) is 8.52. The van der Waals surface area contributed by atoms with E-state index in [4.69, 9.17) is 31.6 Å². The minimum absolute atomic E-state index is 0.00671. The molecule has 0 bridgehead atoms. The van der Waals surface area contributed by atoms with Crippen molar-refractivity contribution < 1.29 is 41.2 Å². The second kappa shape index (κ2) is 20.2. The van der Waals surface area contributed by atoms with Gasteiger partial charge in [0.05, 0.1) is 0 Å². The number of esters is 1. The van der Waals surface area contributed by atoms with Crippen molar-refractivity contribution in [2.24, 2.45) is 0 Å². The molecule has 0 rings (SSSR count). The Kier molecular flexibility index (Phi) is 19.6. The third kappa shape index (κ3) is 15.8. The zero-order valence-electron chi connectivity index (χ0n) is 22.1. The Hall–Kier alpha value is -1.03. The van der Waals surface area contributed by atoms with E-state index in [0.29, 0.717) is 64.9 Å². The van der Waals surface area contributed by atoms with Crippen molar-refractivity contribution in [3.8, 4) is 0 Å². The Labute approximate surface area is 207 Å². The summed E-state index contributed by atoms with van der Waals surface area (Å²) in [7, 11) is -4.84. The molecule has 0 spiro atoms. The number of hydrogen-bond acceptors (Lipinski definition) is 9. The first kappa shape index (κ1) is 33.0. The van der Waals surface area contributed by atoms with Gasteiger partial charge < -0.3 is 36.9 Å². The zero-order chi connectivity index (χ0) is 25.7. The molecule has 1 N–H and O–H groups in total. The molecule has 0 aromatic heterocycles. The zero-order valence-corrected chi connectivity index (χ0v) is 24.1. The third-order valence-corrected chi connectivity index (χ3v) is 11.0. The summed E-state index contributed by atoms with van der Waals surface area (Å²) in [6.07, 6.45) is 1.96. The summed E-state index contributed by atoms with van der Waals surface area (Å²) in [5.74, 6) is -0.302. The van der Waals surface area contributed by atoms with Crippen LogP contribution in [0.15, 0.2) is 0 Å². The van der Waals surface area contributed by atoms with Gasteiger partial charge >= 0.3 is 29.4 Å². The molecule has 0 saturated heterocycles. The highest BCUT2D eigenvalue weighted by molar-refractivity contribution is 6.66. The Morgan fingerprint density at radius 1 is 0.676 bits per heavy atom. The van der Waals surface area contributed by atoms with E-state index < -0.39 is 23.5 Å². The lowest BCUT2D eigenvalue weighted by Gasteiger charge is -2.28. The van der Waals surface area contributed by atoms with Crippen LogP contribution in [0.3, 0.4) is 0 Å². The molecular formula is C22H47NO9Si2. The van der Waals surface area contributed by atoms with E-state index in [1.54, 1.807) is 0 Å². The maximum Gasteiger partial charge on any atom is 0.500 e. The predicted molar refractivity (Wildman–Crippen MR) is 134 cm³/mol. The van der Waals surface area contributed by atoms with Crippen LogP contribution >= 0.6 is 0 Å². The summed E-state index contributed by atoms with van der Waals surface area (Å²) < 4.78 is 39.1. The van der Waals surface area contributed by atoms with Crippen molar-refractivity contribution in [1.29, 1.82) is 0 Å². The SMILES string of the molecule is CCO[Si](C)(CCCCC(=O)OCCOC(=O)NCCC[Si](OCC)(OCC)OCC)OCC. The van der Waals surface area contributed by atoms with Crippen LogP contribution in [0, 0.1) is 0 Å². The van der Waals surface area contributed by atoms with Crippen molar-refractivity contribution in [3.05, 3.63) is 0 Å². The molecule has 0 atom stereocenters. The number of carbonyl (C=O) groups excluding carboxylic acids is 2. The number of amides is 1. The van der Waals surface area contributed by atoms with Gasteiger partial charge in [0.25, 0.3) is 0 Å². The highest BCUT2D eigenvalue weighted by Crippen LogP contribution is 2.19. The van der Waals surface area contributed by atoms with Crippen molar-refractivity contribution in [2.45, 2.75) is 78.9 Å². The average molecular weight is 526 g/mol. The summed E-state index contributed by atoms with van der Waals surface area (Å²) in [5, 5.41) is 2.68. The molecule has 0 aliphatic carbocycles. The van der Waals surface area contributed by atoms with E-state index in [-0.39, 0.29) is 19.2 Å². The Morgan fingerprint density at radius 3 is 1.74 bits per heavy atom. The molecular weight excluding hydrogens is 478 g/mol. The maximum atomic E-state index is 11.9. The molecule has 0 unspecified atom stereocenters. The van der Waals surface area contributed by atoms with Gasteiger partial charge in [-0.25, -0.2) is 4.79 Å². The van der Waals surface area contributed by atoms with Gasteiger partial charge in [0.15, 0.2) is 0 Å². The fraction of sp³-hybridized carbons (Fsp3) is 0.909. The van der Waals surface area contributed by atoms with Gasteiger partial charge in [0.1, 0.15) is 13.2 Å². The normalized spacial score (nSPS) is 11.9.